The average molecular weight is 691 g/mol. The number of pyridine rings is 2. The number of nitrogens with zero attached hydrogens (tertiary/aromatic N) is 2. The van der Waals surface area contributed by atoms with E-state index in [2.05, 4.69) is 85.9 Å². The molecule has 3 aromatic carbocycles. The van der Waals surface area contributed by atoms with Crippen molar-refractivity contribution in [1.29, 1.82) is 0 Å². The standard InChI is InChI=1S/C21H20NOSi.C12H10N.Ir/c1-14-11-12-22-17(13-14)15-9-10-19(24(2,3)4)20-16-7-5-6-8-18(16)23-21(15)20;1-10-7-8-13-12(9-10)11-5-3-2-4-6-11;/h5-8,10-13H,1-4H3;2-5,7-9H,1H3;/q2*-1;. The summed E-state index contributed by atoms with van der Waals surface area (Å²) < 4.78 is 6.26. The van der Waals surface area contributed by atoms with Crippen LogP contribution >= 0.6 is 0 Å². The Morgan fingerprint density at radius 1 is 0.763 bits per heavy atom. The third kappa shape index (κ3) is 5.86. The van der Waals surface area contributed by atoms with Crippen LogP contribution < -0.4 is 5.19 Å². The van der Waals surface area contributed by atoms with Crippen LogP contribution in [0.15, 0.2) is 95.7 Å². The smallest absolute Gasteiger partial charge is 0.120 e. The molecule has 5 heteroatoms. The van der Waals surface area contributed by atoms with Crippen LogP contribution in [0.1, 0.15) is 11.1 Å². The Kier molecular flexibility index (Phi) is 8.42. The minimum Gasteiger partial charge on any atom is -0.501 e. The van der Waals surface area contributed by atoms with Gasteiger partial charge in [-0.2, -0.15) is 0 Å². The van der Waals surface area contributed by atoms with E-state index in [0.717, 1.165) is 33.7 Å². The first-order valence-corrected chi connectivity index (χ1v) is 16.0. The van der Waals surface area contributed by atoms with Crippen molar-refractivity contribution < 1.29 is 24.5 Å². The van der Waals surface area contributed by atoms with E-state index in [0.29, 0.717) is 0 Å². The number of furan rings is 1. The zero-order valence-corrected chi connectivity index (χ0v) is 25.7. The molecule has 0 aliphatic heterocycles. The van der Waals surface area contributed by atoms with E-state index in [1.165, 1.54) is 27.1 Å². The van der Waals surface area contributed by atoms with Crippen LogP contribution in [-0.4, -0.2) is 18.0 Å². The molecule has 0 fully saturated rings. The number of para-hydroxylation sites is 1. The van der Waals surface area contributed by atoms with Gasteiger partial charge in [0, 0.05) is 46.0 Å². The quantitative estimate of drug-likeness (QED) is 0.139. The van der Waals surface area contributed by atoms with Crippen molar-refractivity contribution >= 4 is 35.2 Å². The zero-order valence-electron chi connectivity index (χ0n) is 22.3. The van der Waals surface area contributed by atoms with Gasteiger partial charge in [-0.1, -0.05) is 72.0 Å². The van der Waals surface area contributed by atoms with Crippen LogP contribution in [0, 0.1) is 26.0 Å². The van der Waals surface area contributed by atoms with Gasteiger partial charge in [0.05, 0.1) is 5.58 Å². The number of hydrogen-bond donors (Lipinski definition) is 0. The molecule has 0 spiro atoms. The second-order valence-electron chi connectivity index (χ2n) is 10.3. The van der Waals surface area contributed by atoms with Gasteiger partial charge in [-0.25, -0.2) is 0 Å². The third-order valence-corrected chi connectivity index (χ3v) is 8.34. The maximum Gasteiger partial charge on any atom is 0.120 e. The monoisotopic (exact) mass is 691 g/mol. The number of benzene rings is 3. The zero-order chi connectivity index (χ0) is 26.0. The molecule has 0 bridgehead atoms. The van der Waals surface area contributed by atoms with Gasteiger partial charge < -0.3 is 14.4 Å². The van der Waals surface area contributed by atoms with Crippen molar-refractivity contribution in [2.75, 3.05) is 0 Å². The predicted molar refractivity (Wildman–Crippen MR) is 157 cm³/mol. The van der Waals surface area contributed by atoms with E-state index in [9.17, 15) is 0 Å². The molecular weight excluding hydrogens is 661 g/mol. The first kappa shape index (κ1) is 27.7. The Morgan fingerprint density at radius 2 is 1.42 bits per heavy atom. The topological polar surface area (TPSA) is 38.9 Å². The van der Waals surface area contributed by atoms with Gasteiger partial charge in [-0.05, 0) is 43.4 Å². The number of fused-ring (bicyclic) bond motifs is 3. The summed E-state index contributed by atoms with van der Waals surface area (Å²) in [7, 11) is -1.53. The summed E-state index contributed by atoms with van der Waals surface area (Å²) in [6.45, 7) is 11.2. The Morgan fingerprint density at radius 3 is 2.08 bits per heavy atom. The van der Waals surface area contributed by atoms with E-state index < -0.39 is 8.07 Å². The molecule has 0 N–H and O–H groups in total. The average Bonchev–Trinajstić information content (AvgIpc) is 3.28. The third-order valence-electron chi connectivity index (χ3n) is 6.33. The minimum atomic E-state index is -1.53. The first-order valence-electron chi connectivity index (χ1n) is 12.5. The fraction of sp³-hybridized carbons (Fsp3) is 0.152. The Bertz CT molecular complexity index is 1690. The molecule has 38 heavy (non-hydrogen) atoms. The van der Waals surface area contributed by atoms with E-state index >= 15 is 0 Å². The molecule has 0 saturated carbocycles. The van der Waals surface area contributed by atoms with Crippen LogP contribution in [-0.2, 0) is 20.1 Å². The minimum absolute atomic E-state index is 0. The van der Waals surface area contributed by atoms with Crippen molar-refractivity contribution in [3.63, 3.8) is 0 Å². The van der Waals surface area contributed by atoms with Gasteiger partial charge in [0.2, 0.25) is 0 Å². The summed E-state index contributed by atoms with van der Waals surface area (Å²) in [4.78, 5) is 8.82. The number of aromatic nitrogens is 2. The van der Waals surface area contributed by atoms with Gasteiger partial charge in [0.15, 0.2) is 0 Å². The van der Waals surface area contributed by atoms with Crippen LogP contribution in [0.25, 0.3) is 44.5 Å². The van der Waals surface area contributed by atoms with Gasteiger partial charge >= 0.3 is 0 Å². The summed E-state index contributed by atoms with van der Waals surface area (Å²) >= 11 is 0. The molecule has 0 saturated heterocycles. The van der Waals surface area contributed by atoms with E-state index in [-0.39, 0.29) is 20.1 Å². The molecule has 0 unspecified atom stereocenters. The maximum absolute atomic E-state index is 6.26. The van der Waals surface area contributed by atoms with Crippen molar-refractivity contribution in [2.45, 2.75) is 33.5 Å². The molecule has 0 atom stereocenters. The molecule has 3 nitrogen and oxygen atoms in total. The predicted octanol–water partition coefficient (Wildman–Crippen LogP) is 8.16. The Hall–Kier alpha value is -3.37. The number of aryl methyl sites for hydroxylation is 2. The molecule has 1 radical (unpaired) electrons. The molecule has 193 valence electrons. The summed E-state index contributed by atoms with van der Waals surface area (Å²) in [5.74, 6) is 0. The summed E-state index contributed by atoms with van der Waals surface area (Å²) in [6.07, 6.45) is 3.67. The second kappa shape index (κ2) is 11.6. The summed E-state index contributed by atoms with van der Waals surface area (Å²) in [5.41, 5.74) is 8.16. The van der Waals surface area contributed by atoms with Crippen molar-refractivity contribution in [2.24, 2.45) is 0 Å². The maximum atomic E-state index is 6.26. The van der Waals surface area contributed by atoms with E-state index in [1.54, 1.807) is 0 Å². The van der Waals surface area contributed by atoms with Gasteiger partial charge in [-0.3, -0.25) is 0 Å². The Balaban J connectivity index is 0.000000204. The normalized spacial score (nSPS) is 11.1. The molecule has 0 amide bonds. The molecule has 6 aromatic rings. The fourth-order valence-corrected chi connectivity index (χ4v) is 5.97. The first-order chi connectivity index (χ1) is 17.8. The van der Waals surface area contributed by atoms with Crippen LogP contribution in [0.4, 0.5) is 0 Å². The van der Waals surface area contributed by atoms with E-state index in [1.807, 2.05) is 60.9 Å². The van der Waals surface area contributed by atoms with Crippen LogP contribution in [0.2, 0.25) is 19.6 Å². The molecular formula is C33H30IrN2OSi-2. The summed E-state index contributed by atoms with van der Waals surface area (Å²) in [6, 6.07) is 33.1. The molecule has 3 aromatic heterocycles. The Labute approximate surface area is 239 Å². The van der Waals surface area contributed by atoms with Crippen molar-refractivity contribution in [1.82, 2.24) is 9.97 Å². The fourth-order valence-electron chi connectivity index (χ4n) is 4.46. The largest absolute Gasteiger partial charge is 0.501 e. The van der Waals surface area contributed by atoms with Gasteiger partial charge in [-0.15, -0.1) is 53.2 Å². The number of hydrogen-bond acceptors (Lipinski definition) is 3. The van der Waals surface area contributed by atoms with E-state index in [4.69, 9.17) is 4.42 Å². The molecule has 0 aliphatic carbocycles. The molecule has 3 heterocycles. The number of rotatable bonds is 3. The SMILES string of the molecule is Cc1ccnc(-c2[c-]cc([Si](C)(C)C)c3c2oc2ccccc23)c1.Cc1ccnc(-c2[c-]cccc2)c1.[Ir]. The van der Waals surface area contributed by atoms with Gasteiger partial charge in [0.1, 0.15) is 5.58 Å². The van der Waals surface area contributed by atoms with Crippen molar-refractivity contribution in [3.8, 4) is 22.5 Å². The molecule has 0 aliphatic rings. The van der Waals surface area contributed by atoms with Crippen LogP contribution in [0.3, 0.4) is 0 Å². The van der Waals surface area contributed by atoms with Crippen molar-refractivity contribution in [3.05, 3.63) is 115 Å². The van der Waals surface area contributed by atoms with Crippen LogP contribution in [0.5, 0.6) is 0 Å². The molecule has 6 rings (SSSR count). The second-order valence-corrected chi connectivity index (χ2v) is 15.4. The van der Waals surface area contributed by atoms with Gasteiger partial charge in [0.25, 0.3) is 0 Å². The summed E-state index contributed by atoms with van der Waals surface area (Å²) in [5, 5.41) is 3.81.